The molecule has 3 heterocycles. The van der Waals surface area contributed by atoms with Crippen LogP contribution in [0.5, 0.6) is 5.75 Å². The second kappa shape index (κ2) is 10.2. The predicted octanol–water partition coefficient (Wildman–Crippen LogP) is 6.15. The van der Waals surface area contributed by atoms with Gasteiger partial charge >= 0.3 is 4.87 Å². The van der Waals surface area contributed by atoms with Crippen molar-refractivity contribution in [3.05, 3.63) is 80.3 Å². The standard InChI is InChI=1S/C31H34N2O3S2/c34-25(32-15-5-2-6-16-32)18-33-30-29(38-31(33)35)26(27-22-9-10-23(17-22)28(27)37-30)21-11-13-24(14-12-21)36-19-20-7-3-1-4-8-20/h1,3-4,7-8,11-14,22-23,26-28H,2,5-6,9-10,15-19H2. The summed E-state index contributed by atoms with van der Waals surface area (Å²) in [5.74, 6) is 3.20. The fourth-order valence-corrected chi connectivity index (χ4v) is 10.5. The average molecular weight is 547 g/mol. The van der Waals surface area contributed by atoms with E-state index in [1.165, 1.54) is 47.5 Å². The molecule has 38 heavy (non-hydrogen) atoms. The van der Waals surface area contributed by atoms with Crippen LogP contribution in [0.3, 0.4) is 0 Å². The van der Waals surface area contributed by atoms with Crippen LogP contribution >= 0.6 is 23.1 Å². The van der Waals surface area contributed by atoms with Gasteiger partial charge in [-0.05, 0) is 79.5 Å². The normalized spacial score (nSPS) is 27.7. The first-order valence-corrected chi connectivity index (χ1v) is 15.8. The minimum absolute atomic E-state index is 0.0213. The van der Waals surface area contributed by atoms with Gasteiger partial charge in [0.05, 0.1) is 5.03 Å². The molecule has 0 N–H and O–H groups in total. The molecule has 2 aliphatic carbocycles. The van der Waals surface area contributed by atoms with Gasteiger partial charge in [-0.15, -0.1) is 11.8 Å². The number of piperidine rings is 1. The van der Waals surface area contributed by atoms with E-state index in [-0.39, 0.29) is 23.2 Å². The lowest BCUT2D eigenvalue weighted by molar-refractivity contribution is -0.132. The quantitative estimate of drug-likeness (QED) is 0.372. The zero-order valence-electron chi connectivity index (χ0n) is 21.6. The summed E-state index contributed by atoms with van der Waals surface area (Å²) in [5, 5.41) is 1.60. The van der Waals surface area contributed by atoms with Gasteiger partial charge in [-0.1, -0.05) is 53.8 Å². The summed E-state index contributed by atoms with van der Waals surface area (Å²) in [4.78, 5) is 29.7. The van der Waals surface area contributed by atoms with Crippen molar-refractivity contribution in [3.63, 3.8) is 0 Å². The first-order valence-electron chi connectivity index (χ1n) is 14.1. The van der Waals surface area contributed by atoms with Crippen LogP contribution in [-0.2, 0) is 17.9 Å². The van der Waals surface area contributed by atoms with Crippen molar-refractivity contribution >= 4 is 29.0 Å². The van der Waals surface area contributed by atoms with Crippen molar-refractivity contribution in [2.45, 2.75) is 67.9 Å². The number of thiazole rings is 1. The molecule has 7 heteroatoms. The summed E-state index contributed by atoms with van der Waals surface area (Å²) in [6.45, 7) is 2.38. The number of rotatable bonds is 6. The number of likely N-dealkylation sites (tertiary alicyclic amines) is 1. The van der Waals surface area contributed by atoms with E-state index in [2.05, 4.69) is 36.4 Å². The zero-order chi connectivity index (χ0) is 25.6. The first-order chi connectivity index (χ1) is 18.7. The highest BCUT2D eigenvalue weighted by Gasteiger charge is 2.55. The Morgan fingerprint density at radius 3 is 2.50 bits per heavy atom. The fourth-order valence-electron chi connectivity index (χ4n) is 7.35. The monoisotopic (exact) mass is 546 g/mol. The van der Waals surface area contributed by atoms with Gasteiger partial charge in [0.1, 0.15) is 18.9 Å². The van der Waals surface area contributed by atoms with Crippen LogP contribution in [0.2, 0.25) is 0 Å². The van der Waals surface area contributed by atoms with Gasteiger partial charge in [-0.2, -0.15) is 0 Å². The maximum Gasteiger partial charge on any atom is 0.308 e. The van der Waals surface area contributed by atoms with Crippen LogP contribution in [0.15, 0.2) is 64.4 Å². The summed E-state index contributed by atoms with van der Waals surface area (Å²) in [6, 6.07) is 18.8. The van der Waals surface area contributed by atoms with E-state index >= 15 is 0 Å². The number of hydrogen-bond donors (Lipinski definition) is 0. The van der Waals surface area contributed by atoms with Crippen molar-refractivity contribution in [2.75, 3.05) is 13.1 Å². The Labute approximate surface area is 232 Å². The van der Waals surface area contributed by atoms with Crippen molar-refractivity contribution in [3.8, 4) is 5.75 Å². The first kappa shape index (κ1) is 24.5. The number of amides is 1. The Balaban J connectivity index is 1.18. The van der Waals surface area contributed by atoms with Crippen LogP contribution < -0.4 is 9.61 Å². The molecule has 198 valence electrons. The van der Waals surface area contributed by atoms with Gasteiger partial charge in [0.2, 0.25) is 5.91 Å². The molecule has 3 aromatic rings. The minimum atomic E-state index is 0.0213. The zero-order valence-corrected chi connectivity index (χ0v) is 23.2. The Morgan fingerprint density at radius 2 is 1.71 bits per heavy atom. The highest BCUT2D eigenvalue weighted by molar-refractivity contribution is 8.00. The molecule has 3 fully saturated rings. The van der Waals surface area contributed by atoms with Gasteiger partial charge in [-0.3, -0.25) is 14.2 Å². The largest absolute Gasteiger partial charge is 0.489 e. The summed E-state index contributed by atoms with van der Waals surface area (Å²) < 4.78 is 7.88. The number of carbonyl (C=O) groups excluding carboxylic acids is 1. The number of nitrogens with zero attached hydrogens (tertiary/aromatic N) is 2. The van der Waals surface area contributed by atoms with Crippen LogP contribution in [0.4, 0.5) is 0 Å². The number of ether oxygens (including phenoxy) is 1. The van der Waals surface area contributed by atoms with E-state index in [0.29, 0.717) is 17.8 Å². The third kappa shape index (κ3) is 4.41. The molecule has 5 atom stereocenters. The van der Waals surface area contributed by atoms with Crippen LogP contribution in [0, 0.1) is 17.8 Å². The van der Waals surface area contributed by atoms with E-state index in [1.54, 1.807) is 0 Å². The van der Waals surface area contributed by atoms with Crippen molar-refractivity contribution in [1.82, 2.24) is 9.47 Å². The lowest BCUT2D eigenvalue weighted by Crippen LogP contribution is -2.39. The van der Waals surface area contributed by atoms with Crippen molar-refractivity contribution < 1.29 is 9.53 Å². The molecule has 1 saturated heterocycles. The molecule has 2 aromatic carbocycles. The Hall–Kier alpha value is -2.51. The third-order valence-corrected chi connectivity index (χ3v) is 12.0. The summed E-state index contributed by atoms with van der Waals surface area (Å²) in [6.07, 6.45) is 7.24. The number of fused-ring (bicyclic) bond motifs is 6. The molecule has 2 saturated carbocycles. The van der Waals surface area contributed by atoms with E-state index in [4.69, 9.17) is 4.74 Å². The highest BCUT2D eigenvalue weighted by atomic mass is 32.2. The molecule has 5 nitrogen and oxygen atoms in total. The van der Waals surface area contributed by atoms with Crippen LogP contribution in [-0.4, -0.2) is 33.7 Å². The number of aromatic nitrogens is 1. The minimum Gasteiger partial charge on any atom is -0.489 e. The topological polar surface area (TPSA) is 51.5 Å². The third-order valence-electron chi connectivity index (χ3n) is 9.18. The number of carbonyl (C=O) groups is 1. The number of hydrogen-bond acceptors (Lipinski definition) is 5. The van der Waals surface area contributed by atoms with Crippen molar-refractivity contribution in [2.24, 2.45) is 17.8 Å². The van der Waals surface area contributed by atoms with Gasteiger partial charge < -0.3 is 9.64 Å². The van der Waals surface area contributed by atoms with Crippen molar-refractivity contribution in [1.29, 1.82) is 0 Å². The molecule has 2 bridgehead atoms. The maximum atomic E-state index is 13.4. The Kier molecular flexibility index (Phi) is 6.60. The van der Waals surface area contributed by atoms with E-state index in [1.807, 2.05) is 39.4 Å². The molecular formula is C31H34N2O3S2. The van der Waals surface area contributed by atoms with E-state index in [9.17, 15) is 9.59 Å². The van der Waals surface area contributed by atoms with Gasteiger partial charge in [0.15, 0.2) is 0 Å². The maximum absolute atomic E-state index is 13.4. The second-order valence-corrected chi connectivity index (χ2v) is 13.5. The van der Waals surface area contributed by atoms with Gasteiger partial charge in [-0.25, -0.2) is 0 Å². The van der Waals surface area contributed by atoms with E-state index in [0.717, 1.165) is 54.1 Å². The molecular weight excluding hydrogens is 512 g/mol. The molecule has 1 amide bonds. The van der Waals surface area contributed by atoms with Gasteiger partial charge in [0, 0.05) is 29.1 Å². The Bertz CT molecular complexity index is 1360. The van der Waals surface area contributed by atoms with E-state index < -0.39 is 0 Å². The molecule has 5 unspecified atom stereocenters. The average Bonchev–Trinajstić information content (AvgIpc) is 3.66. The molecule has 2 aliphatic heterocycles. The predicted molar refractivity (Wildman–Crippen MR) is 152 cm³/mol. The second-order valence-electron chi connectivity index (χ2n) is 11.4. The number of benzene rings is 2. The molecule has 4 aliphatic rings. The Morgan fingerprint density at radius 1 is 0.947 bits per heavy atom. The summed E-state index contributed by atoms with van der Waals surface area (Å²) >= 11 is 3.29. The molecule has 0 radical (unpaired) electrons. The molecule has 1 aromatic heterocycles. The fraction of sp³-hybridized carbons (Fsp3) is 0.484. The molecule has 0 spiro atoms. The lowest BCUT2D eigenvalue weighted by Gasteiger charge is -2.40. The van der Waals surface area contributed by atoms with Crippen LogP contribution in [0.25, 0.3) is 0 Å². The summed E-state index contributed by atoms with van der Waals surface area (Å²) in [7, 11) is 0. The smallest absolute Gasteiger partial charge is 0.308 e. The molecule has 7 rings (SSSR count). The highest BCUT2D eigenvalue weighted by Crippen LogP contribution is 2.64. The van der Waals surface area contributed by atoms with Gasteiger partial charge in [0.25, 0.3) is 0 Å². The SMILES string of the molecule is O=C(Cn1c2c(sc1=O)C(c1ccc(OCc3ccccc3)cc1)C1C3CCC(C3)C1S2)N1CCCCC1. The van der Waals surface area contributed by atoms with Crippen LogP contribution in [0.1, 0.15) is 60.4 Å². The number of thioether (sulfide) groups is 1. The lowest BCUT2D eigenvalue weighted by atomic mass is 9.75. The summed E-state index contributed by atoms with van der Waals surface area (Å²) in [5.41, 5.74) is 2.43.